The van der Waals surface area contributed by atoms with Crippen molar-refractivity contribution in [3.05, 3.63) is 11.6 Å². The summed E-state index contributed by atoms with van der Waals surface area (Å²) in [7, 11) is 0. The summed E-state index contributed by atoms with van der Waals surface area (Å²) in [5.74, 6) is 0.824. The minimum atomic E-state index is 0.278. The van der Waals surface area contributed by atoms with Crippen LogP contribution in [0.3, 0.4) is 0 Å². The van der Waals surface area contributed by atoms with Crippen molar-refractivity contribution < 1.29 is 5.11 Å². The number of aliphatic hydroxyl groups excluding tert-OH is 1. The van der Waals surface area contributed by atoms with Gasteiger partial charge >= 0.3 is 0 Å². The van der Waals surface area contributed by atoms with E-state index in [-0.39, 0.29) is 6.61 Å². The first kappa shape index (κ1) is 10.8. The topological polar surface area (TPSA) is 20.2 Å². The molecule has 0 aromatic heterocycles. The van der Waals surface area contributed by atoms with Crippen LogP contribution in [-0.4, -0.2) is 11.7 Å². The molecule has 0 unspecified atom stereocenters. The molecule has 0 heterocycles. The molecule has 0 aliphatic heterocycles. The maximum absolute atomic E-state index is 9.66. The maximum atomic E-state index is 9.66. The molecule has 1 spiro atoms. The Hall–Kier alpha value is -0.300. The molecular formula is C15H24O. The molecule has 1 heteroatoms. The molecule has 0 amide bonds. The fourth-order valence-electron chi connectivity index (χ4n) is 5.89. The summed E-state index contributed by atoms with van der Waals surface area (Å²) in [6, 6.07) is 0. The Labute approximate surface area is 98.9 Å². The first-order chi connectivity index (χ1) is 7.50. The van der Waals surface area contributed by atoms with Gasteiger partial charge in [0.05, 0.1) is 6.61 Å². The number of allylic oxidation sites excluding steroid dienone is 1. The summed E-state index contributed by atoms with van der Waals surface area (Å²) in [6.45, 7) is 7.60. The monoisotopic (exact) mass is 220 g/mol. The van der Waals surface area contributed by atoms with Gasteiger partial charge in [-0.15, -0.1) is 0 Å². The van der Waals surface area contributed by atoms with Gasteiger partial charge in [0.25, 0.3) is 0 Å². The van der Waals surface area contributed by atoms with Gasteiger partial charge in [0.15, 0.2) is 0 Å². The van der Waals surface area contributed by atoms with E-state index in [2.05, 4.69) is 26.8 Å². The number of hydrogen-bond donors (Lipinski definition) is 1. The molecule has 0 saturated heterocycles. The van der Waals surface area contributed by atoms with Crippen molar-refractivity contribution in [3.63, 3.8) is 0 Å². The van der Waals surface area contributed by atoms with Gasteiger partial charge in [-0.3, -0.25) is 0 Å². The van der Waals surface area contributed by atoms with Gasteiger partial charge in [-0.2, -0.15) is 0 Å². The fourth-order valence-corrected chi connectivity index (χ4v) is 5.89. The minimum Gasteiger partial charge on any atom is -0.392 e. The average molecular weight is 220 g/mol. The Morgan fingerprint density at radius 3 is 2.75 bits per heavy atom. The lowest BCUT2D eigenvalue weighted by Crippen LogP contribution is -2.43. The van der Waals surface area contributed by atoms with Crippen molar-refractivity contribution in [2.45, 2.75) is 52.9 Å². The molecule has 2 saturated carbocycles. The van der Waals surface area contributed by atoms with Crippen LogP contribution in [0, 0.1) is 22.2 Å². The zero-order valence-corrected chi connectivity index (χ0v) is 10.8. The van der Waals surface area contributed by atoms with Crippen molar-refractivity contribution in [1.82, 2.24) is 0 Å². The number of aliphatic hydroxyl groups is 1. The molecule has 0 radical (unpaired) electrons. The lowest BCUT2D eigenvalue weighted by molar-refractivity contribution is 0.0191. The zero-order valence-electron chi connectivity index (χ0n) is 10.8. The fraction of sp³-hybridized carbons (Fsp3) is 0.867. The standard InChI is InChI=1S/C15H24O/c1-11-5-8-14(3)12(10-16)9-13(2)6-4-7-15(11,13)14/h9,11,16H,4-8,10H2,1-3H3/t11-,13+,14+,15-/m0/s1. The van der Waals surface area contributed by atoms with E-state index in [0.717, 1.165) is 5.92 Å². The Morgan fingerprint density at radius 1 is 1.31 bits per heavy atom. The zero-order chi connectivity index (χ0) is 11.6. The second kappa shape index (κ2) is 2.93. The first-order valence-corrected chi connectivity index (χ1v) is 6.83. The van der Waals surface area contributed by atoms with Crippen LogP contribution >= 0.6 is 0 Å². The van der Waals surface area contributed by atoms with Crippen molar-refractivity contribution in [2.75, 3.05) is 6.61 Å². The van der Waals surface area contributed by atoms with E-state index in [1.54, 1.807) is 0 Å². The lowest BCUT2D eigenvalue weighted by atomic mass is 9.55. The van der Waals surface area contributed by atoms with E-state index >= 15 is 0 Å². The summed E-state index contributed by atoms with van der Waals surface area (Å²) in [5.41, 5.74) is 2.49. The highest BCUT2D eigenvalue weighted by atomic mass is 16.3. The van der Waals surface area contributed by atoms with Gasteiger partial charge in [0.1, 0.15) is 0 Å². The van der Waals surface area contributed by atoms with Gasteiger partial charge in [-0.05, 0) is 53.4 Å². The summed E-state index contributed by atoms with van der Waals surface area (Å²) >= 11 is 0. The highest BCUT2D eigenvalue weighted by Gasteiger charge is 2.69. The molecule has 0 aromatic carbocycles. The molecule has 2 fully saturated rings. The molecule has 90 valence electrons. The van der Waals surface area contributed by atoms with Crippen LogP contribution in [0.1, 0.15) is 52.9 Å². The normalized spacial score (nSPS) is 55.0. The molecular weight excluding hydrogens is 196 g/mol. The van der Waals surface area contributed by atoms with Crippen LogP contribution in [0.4, 0.5) is 0 Å². The Morgan fingerprint density at radius 2 is 2.06 bits per heavy atom. The van der Waals surface area contributed by atoms with Crippen LogP contribution in [0.5, 0.6) is 0 Å². The van der Waals surface area contributed by atoms with E-state index in [1.165, 1.54) is 37.7 Å². The smallest absolute Gasteiger partial charge is 0.0647 e. The van der Waals surface area contributed by atoms with Gasteiger partial charge in [0.2, 0.25) is 0 Å². The Bertz CT molecular complexity index is 358. The molecule has 3 aliphatic carbocycles. The van der Waals surface area contributed by atoms with Crippen molar-refractivity contribution in [1.29, 1.82) is 0 Å². The van der Waals surface area contributed by atoms with Gasteiger partial charge < -0.3 is 5.11 Å². The third-order valence-corrected chi connectivity index (χ3v) is 6.56. The molecule has 0 aromatic rings. The molecule has 1 N–H and O–H groups in total. The predicted octanol–water partition coefficient (Wildman–Crippen LogP) is 3.53. The largest absolute Gasteiger partial charge is 0.392 e. The first-order valence-electron chi connectivity index (χ1n) is 6.83. The van der Waals surface area contributed by atoms with Crippen molar-refractivity contribution in [2.24, 2.45) is 22.2 Å². The van der Waals surface area contributed by atoms with Crippen LogP contribution < -0.4 is 0 Å². The molecule has 4 atom stereocenters. The van der Waals surface area contributed by atoms with E-state index in [9.17, 15) is 5.11 Å². The number of rotatable bonds is 1. The van der Waals surface area contributed by atoms with Gasteiger partial charge in [0, 0.05) is 0 Å². The molecule has 3 rings (SSSR count). The van der Waals surface area contributed by atoms with Crippen molar-refractivity contribution in [3.8, 4) is 0 Å². The predicted molar refractivity (Wildman–Crippen MR) is 66.1 cm³/mol. The van der Waals surface area contributed by atoms with E-state index in [1.807, 2.05) is 0 Å². The molecule has 1 nitrogen and oxygen atoms in total. The highest BCUT2D eigenvalue weighted by Crippen LogP contribution is 2.77. The van der Waals surface area contributed by atoms with Gasteiger partial charge in [-0.25, -0.2) is 0 Å². The SMILES string of the molecule is C[C@H]1CC[C@]2(C)C(CO)=C[C@@]3(C)CCC[C@]132. The summed E-state index contributed by atoms with van der Waals surface area (Å²) in [6.07, 6.45) is 9.18. The Kier molecular flexibility index (Phi) is 1.98. The van der Waals surface area contributed by atoms with E-state index < -0.39 is 0 Å². The summed E-state index contributed by atoms with van der Waals surface area (Å²) in [4.78, 5) is 0. The second-order valence-corrected chi connectivity index (χ2v) is 6.84. The van der Waals surface area contributed by atoms with Crippen LogP contribution in [0.2, 0.25) is 0 Å². The third kappa shape index (κ3) is 0.860. The van der Waals surface area contributed by atoms with Gasteiger partial charge in [-0.1, -0.05) is 33.3 Å². The van der Waals surface area contributed by atoms with Crippen LogP contribution in [0.15, 0.2) is 11.6 Å². The summed E-state index contributed by atoms with van der Waals surface area (Å²) < 4.78 is 0. The maximum Gasteiger partial charge on any atom is 0.0647 e. The van der Waals surface area contributed by atoms with Crippen LogP contribution in [0.25, 0.3) is 0 Å². The van der Waals surface area contributed by atoms with E-state index in [4.69, 9.17) is 0 Å². The summed E-state index contributed by atoms with van der Waals surface area (Å²) in [5, 5.41) is 9.66. The molecule has 3 aliphatic rings. The minimum absolute atomic E-state index is 0.278. The average Bonchev–Trinajstić information content (AvgIpc) is 2.77. The Balaban J connectivity index is 2.19. The van der Waals surface area contributed by atoms with E-state index in [0.29, 0.717) is 16.2 Å². The molecule has 0 bridgehead atoms. The molecule has 16 heavy (non-hydrogen) atoms. The van der Waals surface area contributed by atoms with Crippen molar-refractivity contribution >= 4 is 0 Å². The number of hydrogen-bond acceptors (Lipinski definition) is 1. The third-order valence-electron chi connectivity index (χ3n) is 6.56. The highest BCUT2D eigenvalue weighted by molar-refractivity contribution is 5.38. The second-order valence-electron chi connectivity index (χ2n) is 6.84. The lowest BCUT2D eigenvalue weighted by Gasteiger charge is -2.48. The van der Waals surface area contributed by atoms with Crippen LogP contribution in [-0.2, 0) is 0 Å². The quantitative estimate of drug-likeness (QED) is 0.670.